The second-order valence-corrected chi connectivity index (χ2v) is 9.16. The average molecular weight is 492 g/mol. The topological polar surface area (TPSA) is 72.0 Å². The zero-order chi connectivity index (χ0) is 25.9. The number of allylic oxidation sites excluding steroid dienone is 2. The van der Waals surface area contributed by atoms with Crippen LogP contribution in [0.1, 0.15) is 54.8 Å². The van der Waals surface area contributed by atoms with Gasteiger partial charge in [-0.1, -0.05) is 29.9 Å². The van der Waals surface area contributed by atoms with Gasteiger partial charge < -0.3 is 14.4 Å². The maximum Gasteiger partial charge on any atom is 0.338 e. The monoisotopic (exact) mass is 491 g/mol. The zero-order valence-electron chi connectivity index (χ0n) is 21.8. The summed E-state index contributed by atoms with van der Waals surface area (Å²) in [4.78, 5) is 33.5. The van der Waals surface area contributed by atoms with Crippen molar-refractivity contribution in [2.45, 2.75) is 40.2 Å². The van der Waals surface area contributed by atoms with Crippen LogP contribution in [-0.4, -0.2) is 72.1 Å². The second-order valence-electron chi connectivity index (χ2n) is 9.16. The summed E-state index contributed by atoms with van der Waals surface area (Å²) in [5.74, 6) is 0.244. The van der Waals surface area contributed by atoms with Crippen LogP contribution < -0.4 is 4.74 Å². The first-order valence-corrected chi connectivity index (χ1v) is 12.5. The molecule has 7 heteroatoms. The van der Waals surface area contributed by atoms with Crippen molar-refractivity contribution in [3.8, 4) is 5.75 Å². The van der Waals surface area contributed by atoms with Crippen molar-refractivity contribution >= 4 is 11.9 Å². The third-order valence-electron chi connectivity index (χ3n) is 6.31. The lowest BCUT2D eigenvalue weighted by atomic mass is 10.1. The van der Waals surface area contributed by atoms with Crippen molar-refractivity contribution in [1.29, 1.82) is 0 Å². The molecule has 3 rings (SSSR count). The molecule has 1 atom stereocenters. The van der Waals surface area contributed by atoms with E-state index in [9.17, 15) is 9.59 Å². The fourth-order valence-corrected chi connectivity index (χ4v) is 3.94. The molecule has 1 amide bonds. The predicted molar refractivity (Wildman–Crippen MR) is 141 cm³/mol. The van der Waals surface area contributed by atoms with Gasteiger partial charge in [0, 0.05) is 51.5 Å². The van der Waals surface area contributed by atoms with Crippen molar-refractivity contribution in [3.05, 3.63) is 83.2 Å². The number of para-hydroxylation sites is 1. The molecule has 2 aromatic rings. The van der Waals surface area contributed by atoms with Gasteiger partial charge >= 0.3 is 5.97 Å². The molecular formula is C29H37N3O4. The number of esters is 1. The normalized spacial score (nSPS) is 15.2. The number of carbonyl (C=O) groups is 2. The first-order chi connectivity index (χ1) is 17.4. The van der Waals surface area contributed by atoms with E-state index >= 15 is 0 Å². The Morgan fingerprint density at radius 2 is 1.72 bits per heavy atom. The predicted octanol–water partition coefficient (Wildman–Crippen LogP) is 4.77. The Morgan fingerprint density at radius 3 is 2.39 bits per heavy atom. The highest BCUT2D eigenvalue weighted by molar-refractivity contribution is 5.97. The van der Waals surface area contributed by atoms with E-state index in [1.165, 1.54) is 5.57 Å². The van der Waals surface area contributed by atoms with Crippen molar-refractivity contribution < 1.29 is 19.1 Å². The van der Waals surface area contributed by atoms with Crippen LogP contribution in [0.5, 0.6) is 5.75 Å². The van der Waals surface area contributed by atoms with Crippen LogP contribution in [0, 0.1) is 0 Å². The lowest BCUT2D eigenvalue weighted by Crippen LogP contribution is -2.49. The number of hydrogen-bond acceptors (Lipinski definition) is 6. The molecule has 2 heterocycles. The highest BCUT2D eigenvalue weighted by Gasteiger charge is 2.25. The summed E-state index contributed by atoms with van der Waals surface area (Å²) in [7, 11) is 0. The number of nitrogens with zero attached hydrogens (tertiary/aromatic N) is 3. The molecule has 36 heavy (non-hydrogen) atoms. The van der Waals surface area contributed by atoms with Gasteiger partial charge in [-0.3, -0.25) is 14.7 Å². The van der Waals surface area contributed by atoms with E-state index in [0.29, 0.717) is 43.1 Å². The number of benzene rings is 1. The van der Waals surface area contributed by atoms with Crippen molar-refractivity contribution in [1.82, 2.24) is 14.8 Å². The molecule has 1 aromatic heterocycles. The Kier molecular flexibility index (Phi) is 10.2. The summed E-state index contributed by atoms with van der Waals surface area (Å²) in [5.41, 5.74) is 3.45. The number of aromatic nitrogens is 1. The quantitative estimate of drug-likeness (QED) is 0.352. The standard InChI is InChI=1S/C29H37N3O4/c1-5-23(4)26(11-10-22(2)3)36-27-9-7-6-8-25(27)28(33)32-18-16-31(17-19-32)20-21-35-29(34)24-12-14-30-15-13-24/h5-10,12-15,26H,11,16-21H2,1-4H3. The molecular weight excluding hydrogens is 454 g/mol. The van der Waals surface area contributed by atoms with E-state index in [2.05, 4.69) is 42.8 Å². The van der Waals surface area contributed by atoms with Crippen LogP contribution in [0.2, 0.25) is 0 Å². The maximum atomic E-state index is 13.4. The van der Waals surface area contributed by atoms with Crippen LogP contribution >= 0.6 is 0 Å². The lowest BCUT2D eigenvalue weighted by molar-refractivity contribution is 0.0411. The van der Waals surface area contributed by atoms with Gasteiger partial charge in [-0.15, -0.1) is 0 Å². The summed E-state index contributed by atoms with van der Waals surface area (Å²) >= 11 is 0. The molecule has 0 saturated carbocycles. The van der Waals surface area contributed by atoms with E-state index in [1.54, 1.807) is 24.5 Å². The Balaban J connectivity index is 1.54. The van der Waals surface area contributed by atoms with Gasteiger partial charge in [0.1, 0.15) is 18.5 Å². The first kappa shape index (κ1) is 27.1. The SMILES string of the molecule is CC=C(C)C(CC=C(C)C)Oc1ccccc1C(=O)N1CCN(CCOC(=O)c2ccncc2)CC1. The number of pyridine rings is 1. The van der Waals surface area contributed by atoms with Crippen molar-refractivity contribution in [2.24, 2.45) is 0 Å². The number of ether oxygens (including phenoxy) is 2. The van der Waals surface area contributed by atoms with Gasteiger partial charge in [-0.25, -0.2) is 4.79 Å². The van der Waals surface area contributed by atoms with Gasteiger partial charge in [0.15, 0.2) is 0 Å². The molecule has 192 valence electrons. The summed E-state index contributed by atoms with van der Waals surface area (Å²) in [6.07, 6.45) is 8.00. The van der Waals surface area contributed by atoms with E-state index in [0.717, 1.165) is 25.1 Å². The Bertz CT molecular complexity index is 1070. The van der Waals surface area contributed by atoms with Crippen molar-refractivity contribution in [2.75, 3.05) is 39.3 Å². The van der Waals surface area contributed by atoms with E-state index < -0.39 is 0 Å². The number of carbonyl (C=O) groups excluding carboxylic acids is 2. The smallest absolute Gasteiger partial charge is 0.338 e. The fourth-order valence-electron chi connectivity index (χ4n) is 3.94. The summed E-state index contributed by atoms with van der Waals surface area (Å²) in [5, 5.41) is 0. The van der Waals surface area contributed by atoms with Gasteiger partial charge in [0.25, 0.3) is 5.91 Å². The molecule has 1 aliphatic heterocycles. The number of piperazine rings is 1. The molecule has 0 spiro atoms. The third-order valence-corrected chi connectivity index (χ3v) is 6.31. The number of rotatable bonds is 10. The van der Waals surface area contributed by atoms with Gasteiger partial charge in [0.05, 0.1) is 11.1 Å². The Morgan fingerprint density at radius 1 is 1.03 bits per heavy atom. The molecule has 7 nitrogen and oxygen atoms in total. The molecule has 0 bridgehead atoms. The van der Waals surface area contributed by atoms with E-state index in [4.69, 9.17) is 9.47 Å². The van der Waals surface area contributed by atoms with E-state index in [1.807, 2.05) is 36.1 Å². The summed E-state index contributed by atoms with van der Waals surface area (Å²) in [6, 6.07) is 10.8. The molecule has 0 aliphatic carbocycles. The van der Waals surface area contributed by atoms with Gasteiger partial charge in [-0.05, 0) is 57.5 Å². The van der Waals surface area contributed by atoms with Crippen LogP contribution in [0.15, 0.2) is 72.1 Å². The molecule has 0 radical (unpaired) electrons. The zero-order valence-corrected chi connectivity index (χ0v) is 21.8. The molecule has 1 saturated heterocycles. The minimum absolute atomic E-state index is 0.0199. The van der Waals surface area contributed by atoms with Crippen LogP contribution in [0.3, 0.4) is 0 Å². The third kappa shape index (κ3) is 7.78. The lowest BCUT2D eigenvalue weighted by Gasteiger charge is -2.35. The molecule has 1 aliphatic rings. The molecule has 1 unspecified atom stereocenters. The first-order valence-electron chi connectivity index (χ1n) is 12.5. The summed E-state index contributed by atoms with van der Waals surface area (Å²) < 4.78 is 11.7. The number of amides is 1. The summed E-state index contributed by atoms with van der Waals surface area (Å²) in [6.45, 7) is 11.8. The second kappa shape index (κ2) is 13.6. The molecule has 1 aromatic carbocycles. The van der Waals surface area contributed by atoms with Gasteiger partial charge in [0.2, 0.25) is 0 Å². The highest BCUT2D eigenvalue weighted by Crippen LogP contribution is 2.25. The largest absolute Gasteiger partial charge is 0.485 e. The van der Waals surface area contributed by atoms with Crippen LogP contribution in [-0.2, 0) is 4.74 Å². The van der Waals surface area contributed by atoms with Crippen LogP contribution in [0.25, 0.3) is 0 Å². The fraction of sp³-hybridized carbons (Fsp3) is 0.414. The van der Waals surface area contributed by atoms with E-state index in [-0.39, 0.29) is 18.0 Å². The number of hydrogen-bond donors (Lipinski definition) is 0. The Hall–Kier alpha value is -3.45. The van der Waals surface area contributed by atoms with Gasteiger partial charge in [-0.2, -0.15) is 0 Å². The minimum Gasteiger partial charge on any atom is -0.485 e. The van der Waals surface area contributed by atoms with Crippen LogP contribution in [0.4, 0.5) is 0 Å². The van der Waals surface area contributed by atoms with Crippen molar-refractivity contribution in [3.63, 3.8) is 0 Å². The molecule has 1 fully saturated rings. The maximum absolute atomic E-state index is 13.4. The average Bonchev–Trinajstić information content (AvgIpc) is 2.91. The Labute approximate surface area is 214 Å². The highest BCUT2D eigenvalue weighted by atomic mass is 16.5. The minimum atomic E-state index is -0.348. The molecule has 0 N–H and O–H groups in total.